The van der Waals surface area contributed by atoms with Crippen molar-refractivity contribution >= 4 is 40.3 Å². The molecule has 0 radical (unpaired) electrons. The Bertz CT molecular complexity index is 1770. The fourth-order valence-electron chi connectivity index (χ4n) is 4.76. The van der Waals surface area contributed by atoms with Gasteiger partial charge in [0, 0.05) is 23.2 Å². The fourth-order valence-corrected chi connectivity index (χ4v) is 4.76. The molecule has 13 nitrogen and oxygen atoms in total. The Hall–Kier alpha value is -5.62. The van der Waals surface area contributed by atoms with E-state index < -0.39 is 24.3 Å². The number of nitrogens with one attached hydrogen (secondary N) is 3. The van der Waals surface area contributed by atoms with E-state index in [1.807, 2.05) is 42.5 Å². The van der Waals surface area contributed by atoms with E-state index in [1.54, 1.807) is 12.4 Å². The van der Waals surface area contributed by atoms with E-state index in [9.17, 15) is 31.1 Å². The van der Waals surface area contributed by atoms with Crippen molar-refractivity contribution in [2.75, 3.05) is 11.9 Å². The number of amides is 1. The molecular formula is C32H32F6N6O7. The summed E-state index contributed by atoms with van der Waals surface area (Å²) in [6, 6.07) is 13.7. The number of aromatic amines is 1. The molecule has 2 aromatic heterocycles. The van der Waals surface area contributed by atoms with E-state index in [1.165, 1.54) is 19.3 Å². The minimum Gasteiger partial charge on any atom is -0.490 e. The number of halogens is 6. The summed E-state index contributed by atoms with van der Waals surface area (Å²) in [5.41, 5.74) is 2.38. The van der Waals surface area contributed by atoms with Crippen LogP contribution in [0, 0.1) is 0 Å². The number of hydrogen-bond donors (Lipinski definition) is 5. The number of ether oxygens (including phenoxy) is 2. The van der Waals surface area contributed by atoms with Gasteiger partial charge in [0.2, 0.25) is 0 Å². The van der Waals surface area contributed by atoms with Gasteiger partial charge in [-0.25, -0.2) is 19.6 Å². The molecule has 19 heteroatoms. The molecule has 0 spiro atoms. The lowest BCUT2D eigenvalue weighted by Gasteiger charge is -2.26. The van der Waals surface area contributed by atoms with Gasteiger partial charge >= 0.3 is 24.3 Å². The molecule has 0 unspecified atom stereocenters. The quantitative estimate of drug-likeness (QED) is 0.120. The highest BCUT2D eigenvalue weighted by Gasteiger charge is 2.39. The molecule has 2 aliphatic carbocycles. The summed E-state index contributed by atoms with van der Waals surface area (Å²) in [5.74, 6) is -2.99. The number of nitrogens with zero attached hydrogens (tertiary/aromatic N) is 3. The number of alkyl halides is 6. The van der Waals surface area contributed by atoms with E-state index in [2.05, 4.69) is 20.8 Å². The Kier molecular flexibility index (Phi) is 12.6. The molecule has 0 saturated heterocycles. The maximum absolute atomic E-state index is 12.2. The summed E-state index contributed by atoms with van der Waals surface area (Å²) >= 11 is 0. The number of carboxylic acid groups (broad SMARTS) is 2. The highest BCUT2D eigenvalue weighted by Crippen LogP contribution is 2.32. The number of carbonyl (C=O) groups is 3. The van der Waals surface area contributed by atoms with Crippen LogP contribution in [-0.2, 0) is 14.4 Å². The van der Waals surface area contributed by atoms with Crippen LogP contribution in [-0.4, -0.2) is 79.3 Å². The second-order valence-electron chi connectivity index (χ2n) is 11.3. The van der Waals surface area contributed by atoms with Gasteiger partial charge in [-0.15, -0.1) is 0 Å². The van der Waals surface area contributed by atoms with Gasteiger partial charge in [-0.05, 0) is 75.3 Å². The number of carboxylic acids is 2. The predicted octanol–water partition coefficient (Wildman–Crippen LogP) is 6.40. The van der Waals surface area contributed by atoms with Gasteiger partial charge in [-0.1, -0.05) is 12.1 Å². The van der Waals surface area contributed by atoms with Crippen LogP contribution in [0.5, 0.6) is 11.5 Å². The molecule has 2 saturated carbocycles. The van der Waals surface area contributed by atoms with Crippen LogP contribution in [0.4, 0.5) is 37.8 Å². The molecule has 0 bridgehead atoms. The Morgan fingerprint density at radius 3 is 2.10 bits per heavy atom. The van der Waals surface area contributed by atoms with Crippen LogP contribution in [0.25, 0.3) is 22.3 Å². The van der Waals surface area contributed by atoms with Crippen molar-refractivity contribution in [2.24, 2.45) is 0 Å². The minimum absolute atomic E-state index is 0.0183. The third-order valence-electron chi connectivity index (χ3n) is 7.45. The number of H-pyrrole nitrogens is 1. The summed E-state index contributed by atoms with van der Waals surface area (Å²) in [4.78, 5) is 39.7. The zero-order valence-electron chi connectivity index (χ0n) is 26.6. The van der Waals surface area contributed by atoms with Gasteiger partial charge in [0.05, 0.1) is 23.5 Å². The number of anilines is 2. The molecular weight excluding hydrogens is 694 g/mol. The molecule has 2 aliphatic rings. The van der Waals surface area contributed by atoms with Crippen LogP contribution >= 0.6 is 0 Å². The second kappa shape index (κ2) is 16.9. The average Bonchev–Trinajstić information content (AvgIpc) is 3.77. The Labute approximate surface area is 285 Å². The van der Waals surface area contributed by atoms with Crippen molar-refractivity contribution in [3.63, 3.8) is 0 Å². The first-order chi connectivity index (χ1) is 24.1. The first-order valence-corrected chi connectivity index (χ1v) is 15.5. The van der Waals surface area contributed by atoms with Crippen molar-refractivity contribution in [1.82, 2.24) is 25.5 Å². The zero-order chi connectivity index (χ0) is 37.2. The molecule has 51 heavy (non-hydrogen) atoms. The number of fused-ring (bicyclic) bond motifs is 1. The maximum Gasteiger partial charge on any atom is 0.490 e. The monoisotopic (exact) mass is 726 g/mol. The third kappa shape index (κ3) is 11.7. The Morgan fingerprint density at radius 2 is 1.53 bits per heavy atom. The SMILES string of the molecule is O=C(COc1cccc(-c2nc(Nc3cn[nH]c3)c3cc(OC4CCCC4)ccc3n2)c1)NC1CCC1.O=C(O)C(F)(F)F.O=C(O)C(F)(F)F. The van der Waals surface area contributed by atoms with Crippen molar-refractivity contribution < 1.29 is 60.4 Å². The van der Waals surface area contributed by atoms with Crippen LogP contribution in [0.15, 0.2) is 54.9 Å². The van der Waals surface area contributed by atoms with Crippen molar-refractivity contribution in [1.29, 1.82) is 0 Å². The fraction of sp³-hybridized carbons (Fsp3) is 0.375. The number of carbonyl (C=O) groups excluding carboxylic acids is 1. The van der Waals surface area contributed by atoms with Crippen LogP contribution in [0.3, 0.4) is 0 Å². The number of benzene rings is 2. The van der Waals surface area contributed by atoms with E-state index in [4.69, 9.17) is 39.2 Å². The molecule has 1 amide bonds. The van der Waals surface area contributed by atoms with Gasteiger partial charge in [0.1, 0.15) is 17.3 Å². The standard InChI is InChI=1S/C28H30N6O3.2C2HF3O2/c35-26(31-19-6-4-7-19)17-36-22-10-3-5-18(13-22)27-33-25-12-11-23(37-21-8-1-2-9-21)14-24(25)28(34-27)32-20-15-29-30-16-20;2*3-2(4,5)1(6)7/h3,5,10-16,19,21H,1-2,4,6-9,17H2,(H,29,30)(H,31,35)(H,32,33,34);2*(H,6,7). The third-order valence-corrected chi connectivity index (χ3v) is 7.45. The summed E-state index contributed by atoms with van der Waals surface area (Å²) in [6.45, 7) is -0.0183. The molecule has 2 fully saturated rings. The van der Waals surface area contributed by atoms with Crippen LogP contribution in [0.2, 0.25) is 0 Å². The predicted molar refractivity (Wildman–Crippen MR) is 168 cm³/mol. The molecule has 6 rings (SSSR count). The molecule has 2 heterocycles. The summed E-state index contributed by atoms with van der Waals surface area (Å²) in [6.07, 6.45) is 1.45. The van der Waals surface area contributed by atoms with E-state index >= 15 is 0 Å². The molecule has 0 aliphatic heterocycles. The Balaban J connectivity index is 0.000000353. The summed E-state index contributed by atoms with van der Waals surface area (Å²) in [7, 11) is 0. The van der Waals surface area contributed by atoms with E-state index in [0.717, 1.165) is 53.6 Å². The number of aromatic nitrogens is 4. The van der Waals surface area contributed by atoms with Gasteiger partial charge in [0.15, 0.2) is 12.4 Å². The average molecular weight is 727 g/mol. The lowest BCUT2D eigenvalue weighted by atomic mass is 9.93. The molecule has 4 aromatic rings. The van der Waals surface area contributed by atoms with Gasteiger partial charge in [-0.3, -0.25) is 9.89 Å². The van der Waals surface area contributed by atoms with Crippen molar-refractivity contribution in [3.8, 4) is 22.9 Å². The zero-order valence-corrected chi connectivity index (χ0v) is 26.6. The molecule has 2 aromatic carbocycles. The van der Waals surface area contributed by atoms with Crippen LogP contribution in [0.1, 0.15) is 44.9 Å². The highest BCUT2D eigenvalue weighted by atomic mass is 19.4. The lowest BCUT2D eigenvalue weighted by molar-refractivity contribution is -0.193. The number of rotatable bonds is 9. The minimum atomic E-state index is -5.08. The van der Waals surface area contributed by atoms with E-state index in [0.29, 0.717) is 23.4 Å². The van der Waals surface area contributed by atoms with Crippen molar-refractivity contribution in [3.05, 3.63) is 54.9 Å². The lowest BCUT2D eigenvalue weighted by Crippen LogP contribution is -2.41. The number of aliphatic carboxylic acids is 2. The normalized spacial score (nSPS) is 14.6. The highest BCUT2D eigenvalue weighted by molar-refractivity contribution is 5.93. The summed E-state index contributed by atoms with van der Waals surface area (Å²) < 4.78 is 75.5. The largest absolute Gasteiger partial charge is 0.490 e. The summed E-state index contributed by atoms with van der Waals surface area (Å²) in [5, 5.41) is 28.3. The van der Waals surface area contributed by atoms with Crippen molar-refractivity contribution in [2.45, 2.75) is 69.4 Å². The Morgan fingerprint density at radius 1 is 0.863 bits per heavy atom. The topological polar surface area (TPSA) is 189 Å². The van der Waals surface area contributed by atoms with Gasteiger partial charge in [0.25, 0.3) is 5.91 Å². The first kappa shape index (κ1) is 38.2. The molecule has 5 N–H and O–H groups in total. The van der Waals surface area contributed by atoms with Crippen LogP contribution < -0.4 is 20.1 Å². The van der Waals surface area contributed by atoms with E-state index in [-0.39, 0.29) is 18.6 Å². The maximum atomic E-state index is 12.2. The second-order valence-corrected chi connectivity index (χ2v) is 11.3. The van der Waals surface area contributed by atoms with Gasteiger partial charge < -0.3 is 30.3 Å². The number of hydrogen-bond acceptors (Lipinski definition) is 9. The molecule has 274 valence electrons. The van der Waals surface area contributed by atoms with Gasteiger partial charge in [-0.2, -0.15) is 31.4 Å². The first-order valence-electron chi connectivity index (χ1n) is 15.5. The smallest absolute Gasteiger partial charge is 0.490 e. The molecule has 0 atom stereocenters.